The summed E-state index contributed by atoms with van der Waals surface area (Å²) in [6.45, 7) is 1.73. The topological polar surface area (TPSA) is 75.2 Å². The van der Waals surface area contributed by atoms with Crippen LogP contribution >= 0.6 is 0 Å². The molecule has 0 bridgehead atoms. The average Bonchev–Trinajstić information content (AvgIpc) is 3.44. The third-order valence-corrected chi connectivity index (χ3v) is 6.12. The van der Waals surface area contributed by atoms with Crippen molar-refractivity contribution in [2.45, 2.75) is 57.5 Å². The summed E-state index contributed by atoms with van der Waals surface area (Å²) in [5, 5.41) is 17.4. The Morgan fingerprint density at radius 1 is 1.19 bits per heavy atom. The van der Waals surface area contributed by atoms with Crippen LogP contribution in [0.15, 0.2) is 48.7 Å². The molecule has 2 N–H and O–H groups in total. The highest BCUT2D eigenvalue weighted by Crippen LogP contribution is 2.36. The van der Waals surface area contributed by atoms with E-state index in [-0.39, 0.29) is 18.4 Å². The number of hydrogen-bond donors (Lipinski definition) is 2. The molecule has 1 fully saturated rings. The van der Waals surface area contributed by atoms with Crippen LogP contribution < -0.4 is 4.74 Å². The third-order valence-electron chi connectivity index (χ3n) is 6.12. The Kier molecular flexibility index (Phi) is 6.57. The molecular weight excluding hydrogens is 388 g/mol. The van der Waals surface area contributed by atoms with Crippen LogP contribution in [0.1, 0.15) is 68.6 Å². The van der Waals surface area contributed by atoms with Crippen LogP contribution in [0.3, 0.4) is 0 Å². The van der Waals surface area contributed by atoms with Crippen LogP contribution in [-0.2, 0) is 4.79 Å². The van der Waals surface area contributed by atoms with E-state index in [1.165, 1.54) is 25.7 Å². The Morgan fingerprint density at radius 2 is 1.94 bits per heavy atom. The second-order valence-electron chi connectivity index (χ2n) is 8.32. The molecule has 0 saturated heterocycles. The minimum Gasteiger partial charge on any atom is -0.486 e. The highest BCUT2D eigenvalue weighted by Gasteiger charge is 2.23. The molecule has 1 saturated carbocycles. The number of carboxylic acids is 1. The van der Waals surface area contributed by atoms with Crippen LogP contribution in [0.2, 0.25) is 0 Å². The number of nitrogens with zero attached hydrogens (tertiary/aromatic N) is 1. The van der Waals surface area contributed by atoms with Gasteiger partial charge >= 0.3 is 5.97 Å². The molecule has 0 spiro atoms. The van der Waals surface area contributed by atoms with Crippen molar-refractivity contribution < 1.29 is 14.6 Å². The van der Waals surface area contributed by atoms with Crippen molar-refractivity contribution in [1.82, 2.24) is 10.2 Å². The number of carboxylic acid groups (broad SMARTS) is 1. The Morgan fingerprint density at radius 3 is 2.65 bits per heavy atom. The lowest BCUT2D eigenvalue weighted by Crippen LogP contribution is -2.12. The van der Waals surface area contributed by atoms with Gasteiger partial charge in [0, 0.05) is 5.39 Å². The molecule has 5 heteroatoms. The van der Waals surface area contributed by atoms with Gasteiger partial charge in [0.25, 0.3) is 0 Å². The van der Waals surface area contributed by atoms with E-state index in [1.54, 1.807) is 6.92 Å². The Balaban J connectivity index is 1.55. The smallest absolute Gasteiger partial charge is 0.304 e. The molecule has 5 nitrogen and oxygen atoms in total. The van der Waals surface area contributed by atoms with Gasteiger partial charge in [-0.15, -0.1) is 5.92 Å². The SMILES string of the molecule is CC#CC(CC(=O)O)c1ccc(O[C@@H](CC2CCCC2)c2ccc3[nH]ncc3c2)cc1. The van der Waals surface area contributed by atoms with Crippen molar-refractivity contribution in [3.05, 3.63) is 59.8 Å². The summed E-state index contributed by atoms with van der Waals surface area (Å²) in [4.78, 5) is 11.2. The summed E-state index contributed by atoms with van der Waals surface area (Å²) in [6.07, 6.45) is 7.94. The fraction of sp³-hybridized carbons (Fsp3) is 0.385. The van der Waals surface area contributed by atoms with E-state index in [0.717, 1.165) is 34.2 Å². The quantitative estimate of drug-likeness (QED) is 0.452. The number of benzene rings is 2. The highest BCUT2D eigenvalue weighted by atomic mass is 16.5. The molecule has 160 valence electrons. The van der Waals surface area contributed by atoms with Gasteiger partial charge in [0.2, 0.25) is 0 Å². The largest absolute Gasteiger partial charge is 0.486 e. The lowest BCUT2D eigenvalue weighted by atomic mass is 9.94. The first-order valence-corrected chi connectivity index (χ1v) is 11.0. The second kappa shape index (κ2) is 9.70. The average molecular weight is 417 g/mol. The number of aromatic nitrogens is 2. The fourth-order valence-electron chi connectivity index (χ4n) is 4.51. The van der Waals surface area contributed by atoms with Gasteiger partial charge in [-0.1, -0.05) is 49.8 Å². The summed E-state index contributed by atoms with van der Waals surface area (Å²) >= 11 is 0. The zero-order chi connectivity index (χ0) is 21.6. The van der Waals surface area contributed by atoms with Gasteiger partial charge in [0.15, 0.2) is 0 Å². The van der Waals surface area contributed by atoms with Crippen molar-refractivity contribution >= 4 is 16.9 Å². The number of aromatic amines is 1. The lowest BCUT2D eigenvalue weighted by molar-refractivity contribution is -0.137. The van der Waals surface area contributed by atoms with Gasteiger partial charge in [0.05, 0.1) is 24.1 Å². The Hall–Kier alpha value is -3.26. The molecular formula is C26H28N2O3. The van der Waals surface area contributed by atoms with Crippen LogP contribution in [0, 0.1) is 17.8 Å². The van der Waals surface area contributed by atoms with Gasteiger partial charge in [-0.3, -0.25) is 9.89 Å². The number of aliphatic carboxylic acids is 1. The number of ether oxygens (including phenoxy) is 1. The van der Waals surface area contributed by atoms with E-state index in [0.29, 0.717) is 5.92 Å². The molecule has 31 heavy (non-hydrogen) atoms. The number of carbonyl (C=O) groups is 1. The third kappa shape index (κ3) is 5.27. The Bertz CT molecular complexity index is 1090. The number of H-pyrrole nitrogens is 1. The fourth-order valence-corrected chi connectivity index (χ4v) is 4.51. The van der Waals surface area contributed by atoms with Crippen LogP contribution in [0.4, 0.5) is 0 Å². The number of nitrogens with one attached hydrogen (secondary N) is 1. The van der Waals surface area contributed by atoms with Gasteiger partial charge in [0.1, 0.15) is 11.9 Å². The maximum Gasteiger partial charge on any atom is 0.304 e. The molecule has 1 aliphatic rings. The predicted molar refractivity (Wildman–Crippen MR) is 121 cm³/mol. The molecule has 1 unspecified atom stereocenters. The van der Waals surface area contributed by atoms with Crippen molar-refractivity contribution in [2.24, 2.45) is 5.92 Å². The molecule has 2 aromatic carbocycles. The zero-order valence-electron chi connectivity index (χ0n) is 17.8. The van der Waals surface area contributed by atoms with E-state index in [9.17, 15) is 4.79 Å². The molecule has 3 aromatic rings. The maximum absolute atomic E-state index is 11.2. The van der Waals surface area contributed by atoms with Crippen LogP contribution in [-0.4, -0.2) is 21.3 Å². The van der Waals surface area contributed by atoms with Crippen molar-refractivity contribution in [2.75, 3.05) is 0 Å². The summed E-state index contributed by atoms with van der Waals surface area (Å²) in [5.74, 6) is 6.15. The van der Waals surface area contributed by atoms with Crippen molar-refractivity contribution in [3.63, 3.8) is 0 Å². The van der Waals surface area contributed by atoms with Crippen LogP contribution in [0.5, 0.6) is 5.75 Å². The maximum atomic E-state index is 11.2. The number of rotatable bonds is 8. The summed E-state index contributed by atoms with van der Waals surface area (Å²) in [7, 11) is 0. The monoisotopic (exact) mass is 416 g/mol. The van der Waals surface area contributed by atoms with Crippen molar-refractivity contribution in [1.29, 1.82) is 0 Å². The van der Waals surface area contributed by atoms with Gasteiger partial charge in [-0.2, -0.15) is 5.10 Å². The van der Waals surface area contributed by atoms with E-state index < -0.39 is 5.97 Å². The van der Waals surface area contributed by atoms with Gasteiger partial charge < -0.3 is 9.84 Å². The van der Waals surface area contributed by atoms with E-state index in [2.05, 4.69) is 40.2 Å². The molecule has 0 aliphatic heterocycles. The molecule has 2 atom stereocenters. The summed E-state index contributed by atoms with van der Waals surface area (Å²) in [6, 6.07) is 14.1. The van der Waals surface area contributed by atoms with Gasteiger partial charge in [-0.05, 0) is 54.7 Å². The lowest BCUT2D eigenvalue weighted by Gasteiger charge is -2.23. The van der Waals surface area contributed by atoms with Crippen LogP contribution in [0.25, 0.3) is 10.9 Å². The standard InChI is InChI=1S/C26H28N2O3/c1-2-5-20(16-26(29)30)19-8-11-23(12-9-19)31-25(14-18-6-3-4-7-18)21-10-13-24-22(15-21)17-27-28-24/h8-13,15,17-18,20,25H,3-4,6-7,14,16H2,1H3,(H,27,28)(H,29,30)/t20?,25-/m0/s1. The molecule has 1 aromatic heterocycles. The van der Waals surface area contributed by atoms with E-state index in [1.807, 2.05) is 30.5 Å². The highest BCUT2D eigenvalue weighted by molar-refractivity contribution is 5.78. The van der Waals surface area contributed by atoms with Gasteiger partial charge in [-0.25, -0.2) is 0 Å². The second-order valence-corrected chi connectivity index (χ2v) is 8.32. The summed E-state index contributed by atoms with van der Waals surface area (Å²) < 4.78 is 6.48. The van der Waals surface area contributed by atoms with E-state index >= 15 is 0 Å². The Labute approximate surface area is 182 Å². The molecule has 1 heterocycles. The normalized spacial score (nSPS) is 15.9. The molecule has 1 aliphatic carbocycles. The minimum atomic E-state index is -0.848. The predicted octanol–water partition coefficient (Wildman–Crippen LogP) is 5.84. The summed E-state index contributed by atoms with van der Waals surface area (Å²) in [5.41, 5.74) is 3.08. The zero-order valence-corrected chi connectivity index (χ0v) is 17.8. The molecule has 4 rings (SSSR count). The first-order valence-electron chi connectivity index (χ1n) is 11.0. The first-order chi connectivity index (χ1) is 15.1. The number of fused-ring (bicyclic) bond motifs is 1. The number of hydrogen-bond acceptors (Lipinski definition) is 3. The minimum absolute atomic E-state index is 0.00391. The van der Waals surface area contributed by atoms with E-state index in [4.69, 9.17) is 9.84 Å². The first kappa shape index (κ1) is 21.0. The molecule has 0 radical (unpaired) electrons. The van der Waals surface area contributed by atoms with Crippen molar-refractivity contribution in [3.8, 4) is 17.6 Å². The molecule has 0 amide bonds.